The molecule has 2 bridgehead atoms. The van der Waals surface area contributed by atoms with Gasteiger partial charge in [0.05, 0.1) is 6.10 Å². The Hall–Kier alpha value is -0.470. The van der Waals surface area contributed by atoms with Crippen LogP contribution < -0.4 is 0 Å². The van der Waals surface area contributed by atoms with Crippen molar-refractivity contribution in [2.24, 2.45) is 17.8 Å². The fourth-order valence-corrected chi connectivity index (χ4v) is 4.70. The van der Waals surface area contributed by atoms with Crippen molar-refractivity contribution < 1.29 is 5.11 Å². The summed E-state index contributed by atoms with van der Waals surface area (Å²) < 4.78 is 0. The van der Waals surface area contributed by atoms with Crippen LogP contribution in [0.2, 0.25) is 0 Å². The van der Waals surface area contributed by atoms with Crippen LogP contribution in [0.25, 0.3) is 0 Å². The summed E-state index contributed by atoms with van der Waals surface area (Å²) in [4.78, 5) is 1.30. The Morgan fingerprint density at radius 2 is 2.00 bits per heavy atom. The molecule has 2 saturated carbocycles. The highest BCUT2D eigenvalue weighted by molar-refractivity contribution is 7.99. The highest BCUT2D eigenvalue weighted by Gasteiger charge is 2.40. The maximum atomic E-state index is 10.4. The standard InChI is InChI=1S/C17H24OS/c1-2-19-16-7-5-13(6-8-16)17(18)11-15-10-12-3-4-14(15)9-12/h5-8,12,14-15,17-18H,2-4,9-11H2,1H3. The molecule has 0 saturated heterocycles. The average molecular weight is 276 g/mol. The van der Waals surface area contributed by atoms with E-state index in [1.54, 1.807) is 0 Å². The molecule has 3 rings (SSSR count). The third kappa shape index (κ3) is 3.00. The molecule has 2 aliphatic rings. The predicted molar refractivity (Wildman–Crippen MR) is 81.4 cm³/mol. The molecule has 104 valence electrons. The number of aliphatic hydroxyl groups excluding tert-OH is 1. The van der Waals surface area contributed by atoms with Gasteiger partial charge in [0.2, 0.25) is 0 Å². The van der Waals surface area contributed by atoms with Crippen molar-refractivity contribution in [2.75, 3.05) is 5.75 Å². The molecule has 4 atom stereocenters. The molecule has 1 N–H and O–H groups in total. The first-order chi connectivity index (χ1) is 9.26. The van der Waals surface area contributed by atoms with Gasteiger partial charge in [0.15, 0.2) is 0 Å². The van der Waals surface area contributed by atoms with Crippen molar-refractivity contribution in [3.05, 3.63) is 29.8 Å². The SMILES string of the molecule is CCSc1ccc(C(O)CC2CC3CCC2C3)cc1. The Balaban J connectivity index is 1.59. The molecular weight excluding hydrogens is 252 g/mol. The number of fused-ring (bicyclic) bond motifs is 2. The first kappa shape index (κ1) is 13.5. The summed E-state index contributed by atoms with van der Waals surface area (Å²) in [7, 11) is 0. The molecule has 2 fully saturated rings. The monoisotopic (exact) mass is 276 g/mol. The summed E-state index contributed by atoms with van der Waals surface area (Å²) in [5.74, 6) is 3.77. The summed E-state index contributed by atoms with van der Waals surface area (Å²) in [6, 6.07) is 8.51. The summed E-state index contributed by atoms with van der Waals surface area (Å²) in [5.41, 5.74) is 1.10. The molecule has 1 aromatic rings. The third-order valence-corrected chi connectivity index (χ3v) is 5.88. The maximum Gasteiger partial charge on any atom is 0.0792 e. The number of aliphatic hydroxyl groups is 1. The van der Waals surface area contributed by atoms with Crippen LogP contribution in [-0.2, 0) is 0 Å². The van der Waals surface area contributed by atoms with E-state index >= 15 is 0 Å². The van der Waals surface area contributed by atoms with Crippen LogP contribution in [0.15, 0.2) is 29.2 Å². The average Bonchev–Trinajstić information content (AvgIpc) is 3.02. The molecule has 0 amide bonds. The van der Waals surface area contributed by atoms with Crippen molar-refractivity contribution in [2.45, 2.75) is 50.0 Å². The van der Waals surface area contributed by atoms with Crippen LogP contribution in [0.1, 0.15) is 50.7 Å². The van der Waals surface area contributed by atoms with Gasteiger partial charge in [0, 0.05) is 4.90 Å². The molecule has 19 heavy (non-hydrogen) atoms. The number of thioether (sulfide) groups is 1. The Morgan fingerprint density at radius 1 is 1.21 bits per heavy atom. The third-order valence-electron chi connectivity index (χ3n) is 4.99. The van der Waals surface area contributed by atoms with Gasteiger partial charge in [-0.3, -0.25) is 0 Å². The van der Waals surface area contributed by atoms with E-state index in [1.165, 1.54) is 30.6 Å². The maximum absolute atomic E-state index is 10.4. The van der Waals surface area contributed by atoms with Gasteiger partial charge in [-0.25, -0.2) is 0 Å². The van der Waals surface area contributed by atoms with Gasteiger partial charge in [-0.2, -0.15) is 0 Å². The lowest BCUT2D eigenvalue weighted by atomic mass is 9.83. The van der Waals surface area contributed by atoms with Gasteiger partial charge in [-0.1, -0.05) is 25.5 Å². The summed E-state index contributed by atoms with van der Waals surface area (Å²) >= 11 is 1.86. The zero-order chi connectivity index (χ0) is 13.2. The van der Waals surface area contributed by atoms with E-state index in [9.17, 15) is 5.11 Å². The molecule has 0 aromatic heterocycles. The summed E-state index contributed by atoms with van der Waals surface area (Å²) in [6.45, 7) is 2.17. The molecular formula is C17H24OS. The van der Waals surface area contributed by atoms with Crippen LogP contribution in [0.5, 0.6) is 0 Å². The van der Waals surface area contributed by atoms with E-state index < -0.39 is 0 Å². The van der Waals surface area contributed by atoms with Crippen molar-refractivity contribution in [3.8, 4) is 0 Å². The van der Waals surface area contributed by atoms with Gasteiger partial charge in [0.1, 0.15) is 0 Å². The number of hydrogen-bond acceptors (Lipinski definition) is 2. The first-order valence-electron chi connectivity index (χ1n) is 7.67. The Morgan fingerprint density at radius 3 is 2.58 bits per heavy atom. The Bertz CT molecular complexity index is 414. The number of rotatable bonds is 5. The molecule has 0 spiro atoms. The van der Waals surface area contributed by atoms with Crippen LogP contribution in [0, 0.1) is 17.8 Å². The van der Waals surface area contributed by atoms with Gasteiger partial charge in [-0.15, -0.1) is 11.8 Å². The van der Waals surface area contributed by atoms with Crippen LogP contribution in [0.3, 0.4) is 0 Å². The molecule has 1 nitrogen and oxygen atoms in total. The highest BCUT2D eigenvalue weighted by atomic mass is 32.2. The lowest BCUT2D eigenvalue weighted by Gasteiger charge is -2.24. The van der Waals surface area contributed by atoms with Crippen molar-refractivity contribution in [3.63, 3.8) is 0 Å². The van der Waals surface area contributed by atoms with Gasteiger partial charge in [0.25, 0.3) is 0 Å². The van der Waals surface area contributed by atoms with E-state index in [0.29, 0.717) is 0 Å². The second-order valence-corrected chi connectivity index (χ2v) is 7.53. The quantitative estimate of drug-likeness (QED) is 0.789. The van der Waals surface area contributed by atoms with E-state index in [0.717, 1.165) is 35.5 Å². The largest absolute Gasteiger partial charge is 0.388 e. The van der Waals surface area contributed by atoms with Crippen LogP contribution >= 0.6 is 11.8 Å². The van der Waals surface area contributed by atoms with Crippen LogP contribution in [0.4, 0.5) is 0 Å². The molecule has 4 unspecified atom stereocenters. The zero-order valence-electron chi connectivity index (χ0n) is 11.7. The number of hydrogen-bond donors (Lipinski definition) is 1. The minimum Gasteiger partial charge on any atom is -0.388 e. The fourth-order valence-electron chi connectivity index (χ4n) is 4.04. The highest BCUT2D eigenvalue weighted by Crippen LogP contribution is 2.50. The minimum atomic E-state index is -0.259. The zero-order valence-corrected chi connectivity index (χ0v) is 12.5. The molecule has 0 radical (unpaired) electrons. The molecule has 0 aliphatic heterocycles. The van der Waals surface area contributed by atoms with Crippen molar-refractivity contribution in [1.29, 1.82) is 0 Å². The lowest BCUT2D eigenvalue weighted by molar-refractivity contribution is 0.125. The summed E-state index contributed by atoms with van der Waals surface area (Å²) in [6.07, 6.45) is 6.37. The fraction of sp³-hybridized carbons (Fsp3) is 0.647. The number of benzene rings is 1. The second-order valence-electron chi connectivity index (χ2n) is 6.19. The topological polar surface area (TPSA) is 20.2 Å². The second kappa shape index (κ2) is 5.88. The normalized spacial score (nSPS) is 30.7. The van der Waals surface area contributed by atoms with Crippen molar-refractivity contribution >= 4 is 11.8 Å². The predicted octanol–water partition coefficient (Wildman–Crippen LogP) is 4.66. The molecule has 2 heteroatoms. The summed E-state index contributed by atoms with van der Waals surface area (Å²) in [5, 5.41) is 10.4. The van der Waals surface area contributed by atoms with Crippen molar-refractivity contribution in [1.82, 2.24) is 0 Å². The van der Waals surface area contributed by atoms with Gasteiger partial charge < -0.3 is 5.11 Å². The van der Waals surface area contributed by atoms with Crippen LogP contribution in [-0.4, -0.2) is 10.9 Å². The Kier molecular flexibility index (Phi) is 4.18. The first-order valence-corrected chi connectivity index (χ1v) is 8.65. The van der Waals surface area contributed by atoms with E-state index in [1.807, 2.05) is 11.8 Å². The Labute approximate surface area is 120 Å². The van der Waals surface area contributed by atoms with E-state index in [4.69, 9.17) is 0 Å². The molecule has 1 aromatic carbocycles. The van der Waals surface area contributed by atoms with Gasteiger partial charge in [-0.05, 0) is 66.9 Å². The molecule has 0 heterocycles. The van der Waals surface area contributed by atoms with E-state index in [2.05, 4.69) is 31.2 Å². The minimum absolute atomic E-state index is 0.259. The van der Waals surface area contributed by atoms with E-state index in [-0.39, 0.29) is 6.10 Å². The van der Waals surface area contributed by atoms with Gasteiger partial charge >= 0.3 is 0 Å². The smallest absolute Gasteiger partial charge is 0.0792 e. The molecule has 2 aliphatic carbocycles. The lowest BCUT2D eigenvalue weighted by Crippen LogP contribution is -2.14.